The molecule has 0 saturated heterocycles. The van der Waals surface area contributed by atoms with Gasteiger partial charge in [0.15, 0.2) is 0 Å². The van der Waals surface area contributed by atoms with E-state index in [1.165, 1.54) is 22.3 Å². The second kappa shape index (κ2) is 13.9. The van der Waals surface area contributed by atoms with Crippen molar-refractivity contribution < 1.29 is 0 Å². The van der Waals surface area contributed by atoms with Crippen LogP contribution in [-0.4, -0.2) is 0 Å². The number of hydrogen-bond donors (Lipinski definition) is 0. The summed E-state index contributed by atoms with van der Waals surface area (Å²) >= 11 is 0. The van der Waals surface area contributed by atoms with Gasteiger partial charge in [0.1, 0.15) is 0 Å². The van der Waals surface area contributed by atoms with Crippen LogP contribution in [-0.2, 0) is 0 Å². The van der Waals surface area contributed by atoms with E-state index in [0.717, 1.165) is 12.8 Å². The highest BCUT2D eigenvalue weighted by atomic mass is 13.9. The van der Waals surface area contributed by atoms with Crippen LogP contribution < -0.4 is 0 Å². The molecule has 0 aromatic rings. The van der Waals surface area contributed by atoms with E-state index < -0.39 is 0 Å². The predicted molar refractivity (Wildman–Crippen MR) is 96.0 cm³/mol. The lowest BCUT2D eigenvalue weighted by Crippen LogP contribution is -1.68. The zero-order chi connectivity index (χ0) is 16.0. The predicted octanol–water partition coefficient (Wildman–Crippen LogP) is 6.95. The first-order valence-electron chi connectivity index (χ1n) is 7.18. The number of hydrogen-bond acceptors (Lipinski definition) is 0. The van der Waals surface area contributed by atoms with E-state index in [9.17, 15) is 0 Å². The molecule has 0 nitrogen and oxygen atoms in total. The van der Waals surface area contributed by atoms with Gasteiger partial charge in [-0.25, -0.2) is 0 Å². The summed E-state index contributed by atoms with van der Waals surface area (Å²) in [7, 11) is 0. The fourth-order valence-electron chi connectivity index (χ4n) is 1.13. The number of rotatable bonds is 6. The molecule has 0 aliphatic heterocycles. The van der Waals surface area contributed by atoms with Gasteiger partial charge in [0, 0.05) is 0 Å². The largest absolute Gasteiger partial charge is 0.0988 e. The maximum atomic E-state index is 3.67. The third-order valence-corrected chi connectivity index (χ3v) is 2.58. The summed E-state index contributed by atoms with van der Waals surface area (Å²) in [6.07, 6.45) is 14.5. The lowest BCUT2D eigenvalue weighted by Gasteiger charge is -1.89. The van der Waals surface area contributed by atoms with Crippen LogP contribution in [0.5, 0.6) is 0 Å². The minimum absolute atomic E-state index is 1.03. The van der Waals surface area contributed by atoms with Gasteiger partial charge < -0.3 is 0 Å². The molecule has 0 fully saturated rings. The smallest absolute Gasteiger partial charge is 0.0161 e. The summed E-state index contributed by atoms with van der Waals surface area (Å²) in [6, 6.07) is 0. The van der Waals surface area contributed by atoms with E-state index in [-0.39, 0.29) is 0 Å². The van der Waals surface area contributed by atoms with Crippen molar-refractivity contribution in [1.29, 1.82) is 0 Å². The average Bonchev–Trinajstić information content (AvgIpc) is 2.38. The molecule has 0 amide bonds. The van der Waals surface area contributed by atoms with Crippen molar-refractivity contribution in [2.45, 2.75) is 54.4 Å². The topological polar surface area (TPSA) is 0 Å². The standard InChI is InChI=1S/2C10H16/c2*1-5-10(4)8-6-7-9(2)3/h2*5,7-8H,1,6H2,2-4H3. The molecule has 0 N–H and O–H groups in total. The molecule has 0 radical (unpaired) electrons. The molecule has 112 valence electrons. The quantitative estimate of drug-likeness (QED) is 0.362. The fraction of sp³-hybridized carbons (Fsp3) is 0.400. The Morgan fingerprint density at radius 1 is 0.600 bits per heavy atom. The van der Waals surface area contributed by atoms with Crippen molar-refractivity contribution in [3.8, 4) is 0 Å². The molecular formula is C20H32. The third kappa shape index (κ3) is 18.8. The Morgan fingerprint density at radius 2 is 0.900 bits per heavy atom. The summed E-state index contributed by atoms with van der Waals surface area (Å²) in [6.45, 7) is 19.9. The molecule has 0 aromatic heterocycles. The lowest BCUT2D eigenvalue weighted by molar-refractivity contribution is 1.26. The van der Waals surface area contributed by atoms with Gasteiger partial charge in [-0.15, -0.1) is 0 Å². The van der Waals surface area contributed by atoms with Gasteiger partial charge in [-0.05, 0) is 54.4 Å². The van der Waals surface area contributed by atoms with Crippen molar-refractivity contribution >= 4 is 0 Å². The van der Waals surface area contributed by atoms with Crippen molar-refractivity contribution in [3.05, 3.63) is 71.9 Å². The SMILES string of the molecule is C=CC(C)=CCC=C(C)C.C=CC(C)=CCC=C(C)C. The van der Waals surface area contributed by atoms with Crippen LogP contribution in [0.2, 0.25) is 0 Å². The zero-order valence-corrected chi connectivity index (χ0v) is 14.3. The zero-order valence-electron chi connectivity index (χ0n) is 14.3. The van der Waals surface area contributed by atoms with E-state index in [4.69, 9.17) is 0 Å². The van der Waals surface area contributed by atoms with E-state index in [0.29, 0.717) is 0 Å². The van der Waals surface area contributed by atoms with Crippen LogP contribution in [0.15, 0.2) is 71.9 Å². The Kier molecular flexibility index (Phi) is 14.4. The molecule has 0 heteroatoms. The van der Waals surface area contributed by atoms with Crippen molar-refractivity contribution in [2.24, 2.45) is 0 Å². The average molecular weight is 272 g/mol. The molecule has 0 bridgehead atoms. The van der Waals surface area contributed by atoms with Crippen molar-refractivity contribution in [1.82, 2.24) is 0 Å². The summed E-state index contributed by atoms with van der Waals surface area (Å²) in [5.74, 6) is 0. The van der Waals surface area contributed by atoms with Crippen LogP contribution in [0.3, 0.4) is 0 Å². The molecule has 0 aromatic carbocycles. The molecular weight excluding hydrogens is 240 g/mol. The van der Waals surface area contributed by atoms with Crippen LogP contribution in [0.25, 0.3) is 0 Å². The highest BCUT2D eigenvalue weighted by Crippen LogP contribution is 1.99. The number of allylic oxidation sites excluding steroid dienone is 10. The Hall–Kier alpha value is -1.56. The van der Waals surface area contributed by atoms with Crippen LogP contribution in [0.4, 0.5) is 0 Å². The molecule has 0 rings (SSSR count). The molecule has 0 spiro atoms. The van der Waals surface area contributed by atoms with E-state index >= 15 is 0 Å². The van der Waals surface area contributed by atoms with Gasteiger partial charge in [0.2, 0.25) is 0 Å². The van der Waals surface area contributed by atoms with E-state index in [1.807, 2.05) is 12.2 Å². The van der Waals surface area contributed by atoms with Crippen LogP contribution in [0, 0.1) is 0 Å². The summed E-state index contributed by atoms with van der Waals surface area (Å²) in [4.78, 5) is 0. The first-order valence-corrected chi connectivity index (χ1v) is 7.18. The van der Waals surface area contributed by atoms with Gasteiger partial charge in [0.05, 0.1) is 0 Å². The normalized spacial score (nSPS) is 10.9. The Labute approximate surface area is 127 Å². The highest BCUT2D eigenvalue weighted by Gasteiger charge is 1.78. The second-order valence-corrected chi connectivity index (χ2v) is 5.34. The van der Waals surface area contributed by atoms with Gasteiger partial charge in [-0.1, -0.05) is 71.9 Å². The maximum Gasteiger partial charge on any atom is -0.0161 e. The Balaban J connectivity index is 0. The summed E-state index contributed by atoms with van der Waals surface area (Å²) in [5, 5.41) is 0. The van der Waals surface area contributed by atoms with E-state index in [2.05, 4.69) is 79.0 Å². The molecule has 0 unspecified atom stereocenters. The van der Waals surface area contributed by atoms with Gasteiger partial charge in [-0.2, -0.15) is 0 Å². The Bertz CT molecular complexity index is 350. The van der Waals surface area contributed by atoms with Gasteiger partial charge in [-0.3, -0.25) is 0 Å². The van der Waals surface area contributed by atoms with Gasteiger partial charge in [0.25, 0.3) is 0 Å². The maximum absolute atomic E-state index is 3.67. The van der Waals surface area contributed by atoms with E-state index in [1.54, 1.807) is 0 Å². The molecule has 0 heterocycles. The lowest BCUT2D eigenvalue weighted by atomic mass is 10.2. The third-order valence-electron chi connectivity index (χ3n) is 2.58. The first kappa shape index (κ1) is 20.8. The Morgan fingerprint density at radius 3 is 1.10 bits per heavy atom. The minimum atomic E-state index is 1.03. The second-order valence-electron chi connectivity index (χ2n) is 5.34. The first-order chi connectivity index (χ1) is 9.33. The van der Waals surface area contributed by atoms with Crippen molar-refractivity contribution in [3.63, 3.8) is 0 Å². The van der Waals surface area contributed by atoms with Crippen molar-refractivity contribution in [2.75, 3.05) is 0 Å². The highest BCUT2D eigenvalue weighted by molar-refractivity contribution is 5.15. The monoisotopic (exact) mass is 272 g/mol. The summed E-state index contributed by atoms with van der Waals surface area (Å²) in [5.41, 5.74) is 5.23. The summed E-state index contributed by atoms with van der Waals surface area (Å²) < 4.78 is 0. The van der Waals surface area contributed by atoms with Crippen LogP contribution in [0.1, 0.15) is 54.4 Å². The molecule has 20 heavy (non-hydrogen) atoms. The minimum Gasteiger partial charge on any atom is -0.0988 e. The molecule has 0 atom stereocenters. The van der Waals surface area contributed by atoms with Gasteiger partial charge >= 0.3 is 0 Å². The van der Waals surface area contributed by atoms with Crippen LogP contribution >= 0.6 is 0 Å². The molecule has 0 aliphatic rings. The fourth-order valence-corrected chi connectivity index (χ4v) is 1.13. The molecule has 0 saturated carbocycles. The molecule has 0 aliphatic carbocycles.